The molecule has 0 amide bonds. The molecule has 5 fully saturated rings. The monoisotopic (exact) mass is 360 g/mol. The second-order valence-corrected chi connectivity index (χ2v) is 11.8. The van der Waals surface area contributed by atoms with Gasteiger partial charge in [0, 0.05) is 6.61 Å². The maximum absolute atomic E-state index is 10.6. The molecule has 1 unspecified atom stereocenters. The Bertz CT molecular complexity index is 554. The molecule has 5 aliphatic carbocycles. The van der Waals surface area contributed by atoms with Gasteiger partial charge in [0.2, 0.25) is 0 Å². The zero-order chi connectivity index (χ0) is 18.3. The summed E-state index contributed by atoms with van der Waals surface area (Å²) >= 11 is 0. The molecular weight excluding hydrogens is 320 g/mol. The summed E-state index contributed by atoms with van der Waals surface area (Å²) in [4.78, 5) is 0. The average Bonchev–Trinajstić information content (AvgIpc) is 3.36. The van der Waals surface area contributed by atoms with E-state index in [0.29, 0.717) is 17.9 Å². The van der Waals surface area contributed by atoms with Crippen molar-refractivity contribution in [3.8, 4) is 0 Å². The lowest BCUT2D eigenvalue weighted by atomic mass is 9.44. The lowest BCUT2D eigenvalue weighted by Crippen LogP contribution is -2.55. The van der Waals surface area contributed by atoms with E-state index in [-0.39, 0.29) is 0 Å². The first-order valence-corrected chi connectivity index (χ1v) is 11.7. The smallest absolute Gasteiger partial charge is 0.0622 e. The van der Waals surface area contributed by atoms with Crippen molar-refractivity contribution in [2.75, 3.05) is 6.61 Å². The predicted octanol–water partition coefficient (Wildman–Crippen LogP) is 4.88. The minimum atomic E-state index is -0.398. The summed E-state index contributed by atoms with van der Waals surface area (Å²) in [6.07, 6.45) is 11.9. The van der Waals surface area contributed by atoms with Gasteiger partial charge in [0.1, 0.15) is 0 Å². The van der Waals surface area contributed by atoms with Crippen LogP contribution in [0.3, 0.4) is 0 Å². The van der Waals surface area contributed by atoms with Gasteiger partial charge in [-0.1, -0.05) is 13.8 Å². The summed E-state index contributed by atoms with van der Waals surface area (Å²) in [6, 6.07) is 0. The van der Waals surface area contributed by atoms with Crippen LogP contribution in [0, 0.1) is 58.7 Å². The van der Waals surface area contributed by atoms with E-state index in [1.54, 1.807) is 0 Å². The minimum absolute atomic E-state index is 0.379. The normalized spacial score (nSPS) is 59.4. The third kappa shape index (κ3) is 2.57. The number of hydrogen-bond acceptors (Lipinski definition) is 2. The van der Waals surface area contributed by atoms with Crippen molar-refractivity contribution in [1.82, 2.24) is 0 Å². The van der Waals surface area contributed by atoms with Gasteiger partial charge in [0.15, 0.2) is 0 Å². The molecule has 0 bridgehead atoms. The highest BCUT2D eigenvalue weighted by molar-refractivity contribution is 5.12. The number of hydrogen-bond donors (Lipinski definition) is 2. The molecule has 2 N–H and O–H groups in total. The van der Waals surface area contributed by atoms with Crippen molar-refractivity contribution < 1.29 is 10.2 Å². The summed E-state index contributed by atoms with van der Waals surface area (Å²) in [5, 5.41) is 20.5. The largest absolute Gasteiger partial charge is 0.396 e. The fourth-order valence-electron chi connectivity index (χ4n) is 9.27. The zero-order valence-corrected chi connectivity index (χ0v) is 17.2. The van der Waals surface area contributed by atoms with Crippen molar-refractivity contribution in [3.05, 3.63) is 0 Å². The van der Waals surface area contributed by atoms with E-state index in [9.17, 15) is 10.2 Å². The first kappa shape index (κ1) is 18.0. The number of aliphatic hydroxyl groups is 2. The first-order valence-electron chi connectivity index (χ1n) is 11.7. The summed E-state index contributed by atoms with van der Waals surface area (Å²) in [6.45, 7) is 7.39. The molecule has 0 aromatic carbocycles. The molecule has 2 nitrogen and oxygen atoms in total. The highest BCUT2D eigenvalue weighted by Crippen LogP contribution is 2.71. The van der Waals surface area contributed by atoms with Crippen LogP contribution in [-0.4, -0.2) is 22.4 Å². The predicted molar refractivity (Wildman–Crippen MR) is 104 cm³/mol. The maximum Gasteiger partial charge on any atom is 0.0622 e. The van der Waals surface area contributed by atoms with Crippen LogP contribution in [0.2, 0.25) is 0 Å². The van der Waals surface area contributed by atoms with Crippen molar-refractivity contribution in [1.29, 1.82) is 0 Å². The Labute approximate surface area is 160 Å². The van der Waals surface area contributed by atoms with Gasteiger partial charge in [0.05, 0.1) is 5.60 Å². The second kappa shape index (κ2) is 5.96. The van der Waals surface area contributed by atoms with Crippen molar-refractivity contribution in [2.45, 2.75) is 84.2 Å². The molecule has 0 radical (unpaired) electrons. The lowest BCUT2D eigenvalue weighted by Gasteiger charge is -2.61. The van der Waals surface area contributed by atoms with Crippen LogP contribution in [0.4, 0.5) is 0 Å². The summed E-state index contributed by atoms with van der Waals surface area (Å²) < 4.78 is 0. The van der Waals surface area contributed by atoms with E-state index in [4.69, 9.17) is 0 Å². The van der Waals surface area contributed by atoms with Gasteiger partial charge < -0.3 is 10.2 Å². The molecule has 5 saturated carbocycles. The van der Waals surface area contributed by atoms with E-state index in [1.165, 1.54) is 44.9 Å². The Balaban J connectivity index is 1.41. The summed E-state index contributed by atoms with van der Waals surface area (Å²) in [5.74, 6) is 7.62. The fraction of sp³-hybridized carbons (Fsp3) is 1.00. The molecule has 0 spiro atoms. The molecule has 2 heteroatoms. The Kier molecular flexibility index (Phi) is 4.12. The second-order valence-electron chi connectivity index (χ2n) is 11.8. The SMILES string of the molecule is CC(CO)[C@H]1[C@@H]2C[C@@H]2C[C@H]2[C@@H]3CC[C@@H]4C[C@](C)(O)CC[C@@H]4[C@H]3CC[C@@]21C. The molecule has 0 heterocycles. The van der Waals surface area contributed by atoms with Crippen LogP contribution in [0.1, 0.15) is 78.6 Å². The van der Waals surface area contributed by atoms with E-state index < -0.39 is 5.60 Å². The number of aliphatic hydroxyl groups excluding tert-OH is 1. The van der Waals surface area contributed by atoms with Gasteiger partial charge in [-0.25, -0.2) is 0 Å². The average molecular weight is 361 g/mol. The van der Waals surface area contributed by atoms with Gasteiger partial charge in [-0.2, -0.15) is 0 Å². The Morgan fingerprint density at radius 3 is 2.42 bits per heavy atom. The van der Waals surface area contributed by atoms with E-state index in [2.05, 4.69) is 20.8 Å². The maximum atomic E-state index is 10.6. The molecular formula is C24H40O2. The molecule has 5 aliphatic rings. The lowest BCUT2D eigenvalue weighted by molar-refractivity contribution is -0.138. The first-order chi connectivity index (χ1) is 12.3. The van der Waals surface area contributed by atoms with Gasteiger partial charge in [0.25, 0.3) is 0 Å². The van der Waals surface area contributed by atoms with Crippen LogP contribution >= 0.6 is 0 Å². The molecule has 148 valence electrons. The molecule has 0 aromatic heterocycles. The quantitative estimate of drug-likeness (QED) is 0.737. The van der Waals surface area contributed by atoms with Gasteiger partial charge >= 0.3 is 0 Å². The highest BCUT2D eigenvalue weighted by atomic mass is 16.3. The van der Waals surface area contributed by atoms with Crippen molar-refractivity contribution in [2.24, 2.45) is 58.7 Å². The Hall–Kier alpha value is -0.0800. The van der Waals surface area contributed by atoms with Crippen molar-refractivity contribution in [3.63, 3.8) is 0 Å². The summed E-state index contributed by atoms with van der Waals surface area (Å²) in [7, 11) is 0. The Morgan fingerprint density at radius 1 is 0.885 bits per heavy atom. The van der Waals surface area contributed by atoms with E-state index in [0.717, 1.165) is 60.2 Å². The molecule has 0 aliphatic heterocycles. The van der Waals surface area contributed by atoms with Crippen LogP contribution in [0.5, 0.6) is 0 Å². The zero-order valence-electron chi connectivity index (χ0n) is 17.2. The molecule has 0 saturated heterocycles. The molecule has 26 heavy (non-hydrogen) atoms. The minimum Gasteiger partial charge on any atom is -0.396 e. The van der Waals surface area contributed by atoms with Gasteiger partial charge in [-0.05, 0) is 123 Å². The summed E-state index contributed by atoms with van der Waals surface area (Å²) in [5.41, 5.74) is 0.0822. The number of rotatable bonds is 2. The van der Waals surface area contributed by atoms with Crippen LogP contribution < -0.4 is 0 Å². The van der Waals surface area contributed by atoms with Gasteiger partial charge in [-0.15, -0.1) is 0 Å². The fourth-order valence-corrected chi connectivity index (χ4v) is 9.27. The van der Waals surface area contributed by atoms with E-state index in [1.807, 2.05) is 0 Å². The standard InChI is InChI=1S/C24H40O2/c1-14(13-25)22-20-10-16(20)11-21-19-5-4-15-12-23(2,26)8-6-17(15)18(19)7-9-24(21,22)3/h14-22,25-26H,4-13H2,1-3H3/t14?,15-,16-,17+,18-,19-,20-,21+,22+,23-,24+/m1/s1. The van der Waals surface area contributed by atoms with Gasteiger partial charge in [-0.3, -0.25) is 0 Å². The molecule has 11 atom stereocenters. The molecule has 5 rings (SSSR count). The van der Waals surface area contributed by atoms with Crippen LogP contribution in [0.15, 0.2) is 0 Å². The third-order valence-electron chi connectivity index (χ3n) is 10.3. The molecule has 0 aromatic rings. The highest BCUT2D eigenvalue weighted by Gasteiger charge is 2.64. The van der Waals surface area contributed by atoms with Crippen molar-refractivity contribution >= 4 is 0 Å². The van der Waals surface area contributed by atoms with Crippen LogP contribution in [0.25, 0.3) is 0 Å². The Morgan fingerprint density at radius 2 is 1.65 bits per heavy atom. The van der Waals surface area contributed by atoms with Crippen LogP contribution in [-0.2, 0) is 0 Å². The number of fused-ring (bicyclic) bond motifs is 6. The topological polar surface area (TPSA) is 40.5 Å². The third-order valence-corrected chi connectivity index (χ3v) is 10.3. The van der Waals surface area contributed by atoms with E-state index >= 15 is 0 Å².